The van der Waals surface area contributed by atoms with Crippen LogP contribution in [0.5, 0.6) is 5.75 Å². The van der Waals surface area contributed by atoms with Crippen LogP contribution in [0.2, 0.25) is 0 Å². The number of fused-ring (bicyclic) bond motifs is 1. The van der Waals surface area contributed by atoms with Crippen molar-refractivity contribution in [3.63, 3.8) is 0 Å². The van der Waals surface area contributed by atoms with Gasteiger partial charge in [-0.2, -0.15) is 0 Å². The Hall–Kier alpha value is -2.92. The van der Waals surface area contributed by atoms with Gasteiger partial charge in [-0.15, -0.1) is 0 Å². The molecular weight excluding hydrogens is 380 g/mol. The summed E-state index contributed by atoms with van der Waals surface area (Å²) in [5.74, 6) is 0.875. The topological polar surface area (TPSA) is 41.6 Å². The summed E-state index contributed by atoms with van der Waals surface area (Å²) in [6.07, 6.45) is 1.93. The van der Waals surface area contributed by atoms with E-state index >= 15 is 0 Å². The molecule has 0 bridgehead atoms. The Labute approximate surface area is 176 Å². The Morgan fingerprint density at radius 2 is 1.86 bits per heavy atom. The average Bonchev–Trinajstić information content (AvgIpc) is 2.77. The first-order valence-electron chi connectivity index (χ1n) is 9.73. The minimum Gasteiger partial charge on any atom is -0.497 e. The lowest BCUT2D eigenvalue weighted by molar-refractivity contribution is 0.0985. The number of rotatable bonds is 5. The number of methoxy groups -OCH3 is 1. The molecule has 0 spiro atoms. The van der Waals surface area contributed by atoms with E-state index in [1.807, 2.05) is 59.5 Å². The van der Waals surface area contributed by atoms with Gasteiger partial charge in [0.15, 0.2) is 0 Å². The highest BCUT2D eigenvalue weighted by Crippen LogP contribution is 2.32. The molecule has 4 nitrogen and oxygen atoms in total. The predicted octanol–water partition coefficient (Wildman–Crippen LogP) is 5.72. The largest absolute Gasteiger partial charge is 0.497 e. The maximum absolute atomic E-state index is 13.1. The summed E-state index contributed by atoms with van der Waals surface area (Å²) in [7, 11) is 1.67. The van der Waals surface area contributed by atoms with Gasteiger partial charge in [-0.1, -0.05) is 18.2 Å². The molecule has 1 heterocycles. The van der Waals surface area contributed by atoms with Crippen LogP contribution in [0.3, 0.4) is 0 Å². The summed E-state index contributed by atoms with van der Waals surface area (Å²) in [4.78, 5) is 16.1. The van der Waals surface area contributed by atoms with E-state index in [1.54, 1.807) is 19.1 Å². The fourth-order valence-corrected chi connectivity index (χ4v) is 4.26. The highest BCUT2D eigenvalue weighted by atomic mass is 32.2. The van der Waals surface area contributed by atoms with Crippen LogP contribution < -0.4 is 14.4 Å². The number of carbonyl (C=O) groups is 1. The molecule has 1 N–H and O–H groups in total. The summed E-state index contributed by atoms with van der Waals surface area (Å²) < 4.78 is 8.70. The molecule has 0 saturated carbocycles. The number of nitrogens with one attached hydrogen (secondary N) is 1. The molecule has 5 heteroatoms. The van der Waals surface area contributed by atoms with Gasteiger partial charge in [0.1, 0.15) is 5.75 Å². The molecule has 0 fully saturated rings. The summed E-state index contributed by atoms with van der Waals surface area (Å²) >= 11 is 1.55. The number of amides is 1. The lowest BCUT2D eigenvalue weighted by Gasteiger charge is -2.30. The SMILES string of the molecule is COc1ccc2c(c1)CCCN2C(=O)c1ccc(SNc2ccccc2C)cc1. The van der Waals surface area contributed by atoms with Crippen LogP contribution in [0.4, 0.5) is 11.4 Å². The van der Waals surface area contributed by atoms with Crippen molar-refractivity contribution in [2.24, 2.45) is 0 Å². The van der Waals surface area contributed by atoms with E-state index in [9.17, 15) is 4.79 Å². The van der Waals surface area contributed by atoms with Gasteiger partial charge in [-0.25, -0.2) is 0 Å². The summed E-state index contributed by atoms with van der Waals surface area (Å²) in [6, 6.07) is 21.9. The van der Waals surface area contributed by atoms with Gasteiger partial charge in [0.25, 0.3) is 5.91 Å². The summed E-state index contributed by atoms with van der Waals surface area (Å²) in [6.45, 7) is 2.82. The molecular formula is C24H24N2O2S. The Balaban J connectivity index is 1.47. The first kappa shape index (κ1) is 19.4. The van der Waals surface area contributed by atoms with Crippen molar-refractivity contribution in [2.75, 3.05) is 23.3 Å². The van der Waals surface area contributed by atoms with Gasteiger partial charge in [0, 0.05) is 28.4 Å². The molecule has 1 aliphatic heterocycles. The molecule has 4 rings (SSSR count). The Morgan fingerprint density at radius 3 is 2.62 bits per heavy atom. The van der Waals surface area contributed by atoms with Crippen molar-refractivity contribution in [2.45, 2.75) is 24.7 Å². The molecule has 29 heavy (non-hydrogen) atoms. The molecule has 1 aliphatic rings. The maximum Gasteiger partial charge on any atom is 0.258 e. The van der Waals surface area contributed by atoms with Crippen LogP contribution in [-0.2, 0) is 6.42 Å². The number of benzene rings is 3. The number of carbonyl (C=O) groups excluding carboxylic acids is 1. The lowest BCUT2D eigenvalue weighted by Crippen LogP contribution is -2.35. The molecule has 3 aromatic carbocycles. The van der Waals surface area contributed by atoms with E-state index in [2.05, 4.69) is 23.8 Å². The third-order valence-corrected chi connectivity index (χ3v) is 6.01. The van der Waals surface area contributed by atoms with Gasteiger partial charge >= 0.3 is 0 Å². The summed E-state index contributed by atoms with van der Waals surface area (Å²) in [5, 5.41) is 0. The van der Waals surface area contributed by atoms with Crippen molar-refractivity contribution in [1.82, 2.24) is 0 Å². The summed E-state index contributed by atoms with van der Waals surface area (Å²) in [5.41, 5.74) is 5.15. The molecule has 148 valence electrons. The quantitative estimate of drug-likeness (QED) is 0.553. The molecule has 0 atom stereocenters. The zero-order valence-corrected chi connectivity index (χ0v) is 17.5. The smallest absolute Gasteiger partial charge is 0.258 e. The van der Waals surface area contributed by atoms with Crippen molar-refractivity contribution in [3.05, 3.63) is 83.4 Å². The van der Waals surface area contributed by atoms with Gasteiger partial charge < -0.3 is 14.4 Å². The Kier molecular flexibility index (Phi) is 5.76. The van der Waals surface area contributed by atoms with E-state index in [4.69, 9.17) is 4.74 Å². The monoisotopic (exact) mass is 404 g/mol. The van der Waals surface area contributed by atoms with E-state index in [1.165, 1.54) is 11.1 Å². The lowest BCUT2D eigenvalue weighted by atomic mass is 10.0. The number of hydrogen-bond acceptors (Lipinski definition) is 4. The molecule has 0 radical (unpaired) electrons. The van der Waals surface area contributed by atoms with Crippen LogP contribution in [0.1, 0.15) is 27.9 Å². The number of anilines is 2. The van der Waals surface area contributed by atoms with E-state index in [0.717, 1.165) is 41.4 Å². The van der Waals surface area contributed by atoms with Crippen molar-refractivity contribution in [1.29, 1.82) is 0 Å². The molecule has 0 unspecified atom stereocenters. The van der Waals surface area contributed by atoms with Gasteiger partial charge in [0.05, 0.1) is 7.11 Å². The van der Waals surface area contributed by atoms with Crippen LogP contribution in [0, 0.1) is 6.92 Å². The third kappa shape index (κ3) is 4.25. The second kappa shape index (κ2) is 8.62. The highest BCUT2D eigenvalue weighted by Gasteiger charge is 2.24. The maximum atomic E-state index is 13.1. The highest BCUT2D eigenvalue weighted by molar-refractivity contribution is 8.00. The van der Waals surface area contributed by atoms with Crippen LogP contribution >= 0.6 is 11.9 Å². The molecule has 3 aromatic rings. The predicted molar refractivity (Wildman–Crippen MR) is 120 cm³/mol. The molecule has 0 aromatic heterocycles. The standard InChI is InChI=1S/C24H24N2O2S/c1-17-6-3-4-8-22(17)25-29-21-12-9-18(10-13-21)24(27)26-15-5-7-19-16-20(28-2)11-14-23(19)26/h3-4,6,8-14,16,25H,5,7,15H2,1-2H3. The van der Waals surface area contributed by atoms with Gasteiger partial charge in [0.2, 0.25) is 0 Å². The minimum absolute atomic E-state index is 0.0412. The number of hydrogen-bond donors (Lipinski definition) is 1. The van der Waals surface area contributed by atoms with E-state index in [0.29, 0.717) is 5.56 Å². The zero-order chi connectivity index (χ0) is 20.2. The normalized spacial score (nSPS) is 13.0. The van der Waals surface area contributed by atoms with Gasteiger partial charge in [-0.3, -0.25) is 4.79 Å². The first-order valence-corrected chi connectivity index (χ1v) is 10.5. The fraction of sp³-hybridized carbons (Fsp3) is 0.208. The van der Waals surface area contributed by atoms with E-state index < -0.39 is 0 Å². The van der Waals surface area contributed by atoms with Crippen molar-refractivity contribution in [3.8, 4) is 5.75 Å². The number of aryl methyl sites for hydroxylation is 2. The number of ether oxygens (including phenoxy) is 1. The van der Waals surface area contributed by atoms with Gasteiger partial charge in [-0.05, 0) is 91.4 Å². The van der Waals surface area contributed by atoms with E-state index in [-0.39, 0.29) is 5.91 Å². The number of para-hydroxylation sites is 1. The molecule has 0 saturated heterocycles. The van der Waals surface area contributed by atoms with Crippen LogP contribution in [0.15, 0.2) is 71.6 Å². The Bertz CT molecular complexity index is 1020. The molecule has 0 aliphatic carbocycles. The average molecular weight is 405 g/mol. The Morgan fingerprint density at radius 1 is 1.07 bits per heavy atom. The van der Waals surface area contributed by atoms with Crippen LogP contribution in [-0.4, -0.2) is 19.6 Å². The zero-order valence-electron chi connectivity index (χ0n) is 16.6. The van der Waals surface area contributed by atoms with Crippen molar-refractivity contribution >= 4 is 29.2 Å². The molecule has 1 amide bonds. The third-order valence-electron chi connectivity index (χ3n) is 5.18. The minimum atomic E-state index is 0.0412. The van der Waals surface area contributed by atoms with Crippen molar-refractivity contribution < 1.29 is 9.53 Å². The second-order valence-corrected chi connectivity index (χ2v) is 7.98. The fourth-order valence-electron chi connectivity index (χ4n) is 3.53. The first-order chi connectivity index (χ1) is 14.2. The second-order valence-electron chi connectivity index (χ2n) is 7.10. The number of nitrogens with zero attached hydrogens (tertiary/aromatic N) is 1. The van der Waals surface area contributed by atoms with Crippen LogP contribution in [0.25, 0.3) is 0 Å².